The van der Waals surface area contributed by atoms with Crippen molar-refractivity contribution in [1.82, 2.24) is 10.2 Å². The van der Waals surface area contributed by atoms with E-state index in [-0.39, 0.29) is 17.9 Å². The topological polar surface area (TPSA) is 67.9 Å². The molecule has 0 aliphatic rings. The molecular weight excluding hydrogens is 284 g/mol. The number of carbonyl (C=O) groups is 2. The van der Waals surface area contributed by atoms with Gasteiger partial charge in [-0.2, -0.15) is 0 Å². The van der Waals surface area contributed by atoms with Gasteiger partial charge in [0.25, 0.3) is 5.91 Å². The Morgan fingerprint density at radius 1 is 1.18 bits per heavy atom. The lowest BCUT2D eigenvalue weighted by molar-refractivity contribution is -0.130. The van der Waals surface area contributed by atoms with Gasteiger partial charge in [-0.05, 0) is 26.0 Å². The van der Waals surface area contributed by atoms with E-state index in [9.17, 15) is 9.59 Å². The molecule has 0 aromatic heterocycles. The number of nitrogens with one attached hydrogen (secondary N) is 1. The summed E-state index contributed by atoms with van der Waals surface area (Å²) in [6.45, 7) is 6.21. The van der Waals surface area contributed by atoms with Crippen molar-refractivity contribution in [3.8, 4) is 11.5 Å². The van der Waals surface area contributed by atoms with Crippen molar-refractivity contribution in [2.24, 2.45) is 0 Å². The Labute approximate surface area is 131 Å². The van der Waals surface area contributed by atoms with Crippen molar-refractivity contribution in [3.05, 3.63) is 23.8 Å². The van der Waals surface area contributed by atoms with Gasteiger partial charge in [-0.15, -0.1) is 0 Å². The van der Waals surface area contributed by atoms with E-state index in [4.69, 9.17) is 9.47 Å². The summed E-state index contributed by atoms with van der Waals surface area (Å²) in [7, 11) is 3.00. The van der Waals surface area contributed by atoms with Gasteiger partial charge in [-0.1, -0.05) is 6.07 Å². The molecule has 22 heavy (non-hydrogen) atoms. The summed E-state index contributed by atoms with van der Waals surface area (Å²) in [5.74, 6) is 0.592. The molecule has 0 fully saturated rings. The largest absolute Gasteiger partial charge is 0.496 e. The Morgan fingerprint density at radius 3 is 2.14 bits per heavy atom. The zero-order valence-electron chi connectivity index (χ0n) is 13.8. The number of methoxy groups -OCH3 is 2. The quantitative estimate of drug-likeness (QED) is 0.832. The maximum atomic E-state index is 12.4. The standard InChI is InChI=1S/C16H24N2O4/c1-11(2)18(12(3)19)10-9-17-16(20)15-13(21-4)7-6-8-14(15)22-5/h6-8,11H,9-10H2,1-5H3,(H,17,20). The summed E-state index contributed by atoms with van der Waals surface area (Å²) >= 11 is 0. The van der Waals surface area contributed by atoms with Gasteiger partial charge in [0, 0.05) is 26.1 Å². The molecule has 0 aliphatic carbocycles. The first-order valence-electron chi connectivity index (χ1n) is 7.18. The lowest BCUT2D eigenvalue weighted by Gasteiger charge is -2.25. The molecule has 0 aliphatic heterocycles. The molecule has 122 valence electrons. The summed E-state index contributed by atoms with van der Waals surface area (Å²) in [6, 6.07) is 5.25. The third kappa shape index (κ3) is 4.38. The van der Waals surface area contributed by atoms with E-state index in [1.54, 1.807) is 23.1 Å². The van der Waals surface area contributed by atoms with Crippen LogP contribution in [-0.4, -0.2) is 50.1 Å². The van der Waals surface area contributed by atoms with Gasteiger partial charge in [0.2, 0.25) is 5.91 Å². The van der Waals surface area contributed by atoms with Crippen molar-refractivity contribution >= 4 is 11.8 Å². The molecule has 0 saturated heterocycles. The van der Waals surface area contributed by atoms with Crippen LogP contribution in [0.1, 0.15) is 31.1 Å². The van der Waals surface area contributed by atoms with E-state index in [0.717, 1.165) is 0 Å². The predicted octanol–water partition coefficient (Wildman–Crippen LogP) is 1.69. The molecule has 0 spiro atoms. The van der Waals surface area contributed by atoms with Crippen LogP contribution in [0, 0.1) is 0 Å². The first kappa shape index (κ1) is 17.8. The van der Waals surface area contributed by atoms with Crippen LogP contribution in [0.15, 0.2) is 18.2 Å². The molecule has 0 saturated carbocycles. The molecule has 6 nitrogen and oxygen atoms in total. The maximum Gasteiger partial charge on any atom is 0.258 e. The SMILES string of the molecule is COc1cccc(OC)c1C(=O)NCCN(C(C)=O)C(C)C. The van der Waals surface area contributed by atoms with E-state index >= 15 is 0 Å². The third-order valence-corrected chi connectivity index (χ3v) is 3.32. The summed E-state index contributed by atoms with van der Waals surface area (Å²) in [6.07, 6.45) is 0. The lowest BCUT2D eigenvalue weighted by Crippen LogP contribution is -2.41. The Balaban J connectivity index is 2.76. The second-order valence-electron chi connectivity index (χ2n) is 5.10. The molecule has 6 heteroatoms. The lowest BCUT2D eigenvalue weighted by atomic mass is 10.1. The van der Waals surface area contributed by atoms with Crippen LogP contribution in [0.3, 0.4) is 0 Å². The Morgan fingerprint density at radius 2 is 1.73 bits per heavy atom. The maximum absolute atomic E-state index is 12.4. The number of amides is 2. The molecule has 1 aromatic carbocycles. The monoisotopic (exact) mass is 308 g/mol. The van der Waals surface area contributed by atoms with Crippen LogP contribution < -0.4 is 14.8 Å². The second kappa shape index (κ2) is 8.26. The number of ether oxygens (including phenoxy) is 2. The van der Waals surface area contributed by atoms with Gasteiger partial charge in [-0.25, -0.2) is 0 Å². The van der Waals surface area contributed by atoms with Gasteiger partial charge < -0.3 is 19.7 Å². The van der Waals surface area contributed by atoms with Crippen molar-refractivity contribution in [2.45, 2.75) is 26.8 Å². The highest BCUT2D eigenvalue weighted by Gasteiger charge is 2.18. The Hall–Kier alpha value is -2.24. The van der Waals surface area contributed by atoms with Crippen molar-refractivity contribution in [1.29, 1.82) is 0 Å². The number of hydrogen-bond acceptors (Lipinski definition) is 4. The highest BCUT2D eigenvalue weighted by molar-refractivity contribution is 5.99. The molecule has 0 unspecified atom stereocenters. The predicted molar refractivity (Wildman–Crippen MR) is 84.4 cm³/mol. The molecule has 0 bridgehead atoms. The zero-order valence-corrected chi connectivity index (χ0v) is 13.8. The van der Waals surface area contributed by atoms with Gasteiger partial charge in [0.15, 0.2) is 0 Å². The zero-order chi connectivity index (χ0) is 16.7. The van der Waals surface area contributed by atoms with E-state index in [2.05, 4.69) is 5.32 Å². The van der Waals surface area contributed by atoms with Crippen molar-refractivity contribution in [3.63, 3.8) is 0 Å². The summed E-state index contributed by atoms with van der Waals surface area (Å²) in [5, 5.41) is 2.80. The molecule has 0 radical (unpaired) electrons. The van der Waals surface area contributed by atoms with E-state index in [1.165, 1.54) is 21.1 Å². The first-order valence-corrected chi connectivity index (χ1v) is 7.18. The fourth-order valence-electron chi connectivity index (χ4n) is 2.23. The fourth-order valence-corrected chi connectivity index (χ4v) is 2.23. The summed E-state index contributed by atoms with van der Waals surface area (Å²) in [5.41, 5.74) is 0.353. The van der Waals surface area contributed by atoms with E-state index in [0.29, 0.717) is 30.2 Å². The van der Waals surface area contributed by atoms with Crippen LogP contribution in [0.4, 0.5) is 0 Å². The minimum Gasteiger partial charge on any atom is -0.496 e. The van der Waals surface area contributed by atoms with Crippen LogP contribution in [0.5, 0.6) is 11.5 Å². The number of nitrogens with zero attached hydrogens (tertiary/aromatic N) is 1. The average molecular weight is 308 g/mol. The minimum atomic E-state index is -0.290. The molecule has 1 N–H and O–H groups in total. The van der Waals surface area contributed by atoms with Crippen LogP contribution in [0.2, 0.25) is 0 Å². The van der Waals surface area contributed by atoms with Gasteiger partial charge in [-0.3, -0.25) is 9.59 Å². The van der Waals surface area contributed by atoms with E-state index < -0.39 is 0 Å². The molecule has 1 aromatic rings. The number of carbonyl (C=O) groups excluding carboxylic acids is 2. The van der Waals surface area contributed by atoms with Crippen molar-refractivity contribution in [2.75, 3.05) is 27.3 Å². The molecule has 0 atom stereocenters. The van der Waals surface area contributed by atoms with Crippen LogP contribution >= 0.6 is 0 Å². The molecule has 1 rings (SSSR count). The van der Waals surface area contributed by atoms with Crippen LogP contribution in [0.25, 0.3) is 0 Å². The Kier molecular flexibility index (Phi) is 6.69. The highest BCUT2D eigenvalue weighted by atomic mass is 16.5. The van der Waals surface area contributed by atoms with Gasteiger partial charge in [0.1, 0.15) is 17.1 Å². The van der Waals surface area contributed by atoms with Gasteiger partial charge >= 0.3 is 0 Å². The summed E-state index contributed by atoms with van der Waals surface area (Å²) < 4.78 is 10.4. The molecule has 2 amide bonds. The normalized spacial score (nSPS) is 10.3. The molecular formula is C16H24N2O4. The van der Waals surface area contributed by atoms with Gasteiger partial charge in [0.05, 0.1) is 14.2 Å². The highest BCUT2D eigenvalue weighted by Crippen LogP contribution is 2.27. The number of hydrogen-bond donors (Lipinski definition) is 1. The van der Waals surface area contributed by atoms with Crippen LogP contribution in [-0.2, 0) is 4.79 Å². The molecule has 0 heterocycles. The fraction of sp³-hybridized carbons (Fsp3) is 0.500. The number of rotatable bonds is 7. The van der Waals surface area contributed by atoms with Crippen molar-refractivity contribution < 1.29 is 19.1 Å². The minimum absolute atomic E-state index is 0.0147. The smallest absolute Gasteiger partial charge is 0.258 e. The second-order valence-corrected chi connectivity index (χ2v) is 5.10. The summed E-state index contributed by atoms with van der Waals surface area (Å²) in [4.78, 5) is 25.6. The van der Waals surface area contributed by atoms with E-state index in [1.807, 2.05) is 13.8 Å². The Bertz CT molecular complexity index is 507. The number of benzene rings is 1. The first-order chi connectivity index (χ1) is 10.4. The third-order valence-electron chi connectivity index (χ3n) is 3.32. The average Bonchev–Trinajstić information content (AvgIpc) is 2.49.